The fourth-order valence-corrected chi connectivity index (χ4v) is 2.51. The molecule has 2 aromatic rings. The van der Waals surface area contributed by atoms with E-state index in [4.69, 9.17) is 5.11 Å². The second kappa shape index (κ2) is 5.18. The van der Waals surface area contributed by atoms with Crippen molar-refractivity contribution in [2.75, 3.05) is 11.9 Å². The first-order valence-electron chi connectivity index (χ1n) is 5.50. The maximum absolute atomic E-state index is 11.1. The number of aromatic nitrogens is 3. The predicted molar refractivity (Wildman–Crippen MR) is 69.2 cm³/mol. The fraction of sp³-hybridized carbons (Fsp3) is 0.364. The third-order valence-corrected chi connectivity index (χ3v) is 3.56. The van der Waals surface area contributed by atoms with Crippen LogP contribution in [0.25, 0.3) is 0 Å². The molecule has 0 bridgehead atoms. The molecule has 0 aliphatic heterocycles. The van der Waals surface area contributed by atoms with Gasteiger partial charge in [-0.2, -0.15) is 9.47 Å². The summed E-state index contributed by atoms with van der Waals surface area (Å²) >= 11 is 1.18. The molecule has 0 saturated heterocycles. The molecule has 2 N–H and O–H groups in total. The van der Waals surface area contributed by atoms with Crippen LogP contribution < -0.4 is 5.32 Å². The van der Waals surface area contributed by atoms with Crippen molar-refractivity contribution in [3.05, 3.63) is 29.2 Å². The van der Waals surface area contributed by atoms with Gasteiger partial charge in [0.1, 0.15) is 10.6 Å². The molecule has 7 heteroatoms. The normalized spacial score (nSPS) is 10.6. The van der Waals surface area contributed by atoms with Crippen molar-refractivity contribution in [3.63, 3.8) is 0 Å². The van der Waals surface area contributed by atoms with Crippen molar-refractivity contribution in [2.45, 2.75) is 13.3 Å². The van der Waals surface area contributed by atoms with Gasteiger partial charge in [-0.1, -0.05) is 0 Å². The standard InChI is InChI=1S/C11H14N4O2S/c1-7-9(11(16)17)10(18-14-7)12-5-3-8-4-6-13-15(8)2/h4,6,12H,3,5H2,1-2H3,(H,16,17). The lowest BCUT2D eigenvalue weighted by molar-refractivity contribution is 0.0697. The first-order chi connectivity index (χ1) is 8.59. The summed E-state index contributed by atoms with van der Waals surface area (Å²) in [6.07, 6.45) is 2.53. The number of hydrogen-bond donors (Lipinski definition) is 2. The van der Waals surface area contributed by atoms with Crippen LogP contribution in [0.1, 0.15) is 21.7 Å². The summed E-state index contributed by atoms with van der Waals surface area (Å²) < 4.78 is 5.86. The lowest BCUT2D eigenvalue weighted by Crippen LogP contribution is -2.10. The molecule has 0 aliphatic rings. The molecule has 96 valence electrons. The van der Waals surface area contributed by atoms with Gasteiger partial charge in [-0.25, -0.2) is 4.79 Å². The molecule has 0 aliphatic carbocycles. The van der Waals surface area contributed by atoms with Crippen molar-refractivity contribution in [1.82, 2.24) is 14.2 Å². The summed E-state index contributed by atoms with van der Waals surface area (Å²) in [7, 11) is 1.88. The summed E-state index contributed by atoms with van der Waals surface area (Å²) in [4.78, 5) is 11.1. The van der Waals surface area contributed by atoms with Crippen molar-refractivity contribution in [1.29, 1.82) is 0 Å². The van der Waals surface area contributed by atoms with Crippen LogP contribution in [0, 0.1) is 6.92 Å². The lowest BCUT2D eigenvalue weighted by Gasteiger charge is -2.05. The molecule has 0 spiro atoms. The van der Waals surface area contributed by atoms with Crippen molar-refractivity contribution < 1.29 is 9.90 Å². The Balaban J connectivity index is 1.99. The minimum Gasteiger partial charge on any atom is -0.478 e. The van der Waals surface area contributed by atoms with Crippen molar-refractivity contribution >= 4 is 22.5 Å². The van der Waals surface area contributed by atoms with E-state index in [9.17, 15) is 4.79 Å². The Bertz CT molecular complexity index is 561. The fourth-order valence-electron chi connectivity index (χ4n) is 1.69. The number of rotatable bonds is 5. The van der Waals surface area contributed by atoms with Gasteiger partial charge in [0.15, 0.2) is 0 Å². The topological polar surface area (TPSA) is 80.0 Å². The summed E-state index contributed by atoms with van der Waals surface area (Å²) in [6, 6.07) is 1.94. The Labute approximate surface area is 108 Å². The van der Waals surface area contributed by atoms with Crippen LogP contribution in [0.5, 0.6) is 0 Å². The molecule has 0 unspecified atom stereocenters. The highest BCUT2D eigenvalue weighted by Gasteiger charge is 2.16. The number of aromatic carboxylic acids is 1. The average molecular weight is 266 g/mol. The molecular weight excluding hydrogens is 252 g/mol. The number of nitrogens with one attached hydrogen (secondary N) is 1. The van der Waals surface area contributed by atoms with Crippen LogP contribution in [0.3, 0.4) is 0 Å². The summed E-state index contributed by atoms with van der Waals surface area (Å²) in [5.74, 6) is -0.940. The number of anilines is 1. The zero-order valence-corrected chi connectivity index (χ0v) is 11.0. The number of carboxylic acids is 1. The van der Waals surface area contributed by atoms with Crippen molar-refractivity contribution in [2.24, 2.45) is 7.05 Å². The molecule has 2 rings (SSSR count). The van der Waals surface area contributed by atoms with E-state index in [0.29, 0.717) is 17.2 Å². The highest BCUT2D eigenvalue weighted by atomic mass is 32.1. The Morgan fingerprint density at radius 2 is 2.39 bits per heavy atom. The van der Waals surface area contributed by atoms with Gasteiger partial charge in [0.2, 0.25) is 0 Å². The number of nitrogens with zero attached hydrogens (tertiary/aromatic N) is 3. The molecule has 0 fully saturated rings. The lowest BCUT2D eigenvalue weighted by atomic mass is 10.2. The molecule has 2 aromatic heterocycles. The highest BCUT2D eigenvalue weighted by molar-refractivity contribution is 7.10. The molecule has 18 heavy (non-hydrogen) atoms. The van der Waals surface area contributed by atoms with E-state index < -0.39 is 5.97 Å². The quantitative estimate of drug-likeness (QED) is 0.858. The van der Waals surface area contributed by atoms with Crippen LogP contribution >= 0.6 is 11.5 Å². The van der Waals surface area contributed by atoms with E-state index in [2.05, 4.69) is 14.8 Å². The Hall–Kier alpha value is -1.89. The maximum Gasteiger partial charge on any atom is 0.340 e. The molecule has 0 aromatic carbocycles. The largest absolute Gasteiger partial charge is 0.478 e. The molecule has 2 heterocycles. The smallest absolute Gasteiger partial charge is 0.340 e. The summed E-state index contributed by atoms with van der Waals surface area (Å²) in [6.45, 7) is 2.35. The first kappa shape index (κ1) is 12.6. The molecule has 0 atom stereocenters. The van der Waals surface area contributed by atoms with Crippen LogP contribution in [-0.4, -0.2) is 31.8 Å². The Morgan fingerprint density at radius 3 is 3.00 bits per heavy atom. The maximum atomic E-state index is 11.1. The van der Waals surface area contributed by atoms with Gasteiger partial charge < -0.3 is 10.4 Å². The predicted octanol–water partition coefficient (Wildman–Crippen LogP) is 1.54. The molecule has 0 saturated carbocycles. The average Bonchev–Trinajstić information content (AvgIpc) is 2.86. The third-order valence-electron chi connectivity index (χ3n) is 2.67. The van der Waals surface area contributed by atoms with Gasteiger partial charge >= 0.3 is 5.97 Å². The van der Waals surface area contributed by atoms with E-state index >= 15 is 0 Å². The van der Waals surface area contributed by atoms with E-state index in [1.54, 1.807) is 17.8 Å². The van der Waals surface area contributed by atoms with E-state index in [-0.39, 0.29) is 5.56 Å². The summed E-state index contributed by atoms with van der Waals surface area (Å²) in [5, 5.41) is 16.9. The number of carbonyl (C=O) groups is 1. The van der Waals surface area contributed by atoms with Crippen LogP contribution in [0.4, 0.5) is 5.00 Å². The second-order valence-corrected chi connectivity index (χ2v) is 4.67. The Kier molecular flexibility index (Phi) is 3.61. The van der Waals surface area contributed by atoms with Gasteiger partial charge in [0, 0.05) is 31.9 Å². The van der Waals surface area contributed by atoms with Gasteiger partial charge in [-0.05, 0) is 24.5 Å². The SMILES string of the molecule is Cc1nsc(NCCc2ccnn2C)c1C(=O)O. The molecule has 0 radical (unpaired) electrons. The van der Waals surface area contributed by atoms with Crippen LogP contribution in [0.15, 0.2) is 12.3 Å². The third kappa shape index (κ3) is 2.51. The van der Waals surface area contributed by atoms with Crippen LogP contribution in [-0.2, 0) is 13.5 Å². The van der Waals surface area contributed by atoms with Crippen LogP contribution in [0.2, 0.25) is 0 Å². The Morgan fingerprint density at radius 1 is 1.61 bits per heavy atom. The second-order valence-electron chi connectivity index (χ2n) is 3.90. The first-order valence-corrected chi connectivity index (χ1v) is 6.27. The van der Waals surface area contributed by atoms with Gasteiger partial charge in [0.25, 0.3) is 0 Å². The molecule has 6 nitrogen and oxygen atoms in total. The van der Waals surface area contributed by atoms with Crippen molar-refractivity contribution in [3.8, 4) is 0 Å². The summed E-state index contributed by atoms with van der Waals surface area (Å²) in [5.41, 5.74) is 1.92. The number of carboxylic acid groups (broad SMARTS) is 1. The number of hydrogen-bond acceptors (Lipinski definition) is 5. The van der Waals surface area contributed by atoms with E-state index in [0.717, 1.165) is 12.1 Å². The monoisotopic (exact) mass is 266 g/mol. The minimum absolute atomic E-state index is 0.269. The van der Waals surface area contributed by atoms with Gasteiger partial charge in [-0.3, -0.25) is 4.68 Å². The number of aryl methyl sites for hydroxylation is 2. The zero-order chi connectivity index (χ0) is 13.1. The minimum atomic E-state index is -0.940. The zero-order valence-electron chi connectivity index (χ0n) is 10.2. The molecular formula is C11H14N4O2S. The van der Waals surface area contributed by atoms with E-state index in [1.807, 2.05) is 13.1 Å². The molecule has 0 amide bonds. The van der Waals surface area contributed by atoms with E-state index in [1.165, 1.54) is 11.5 Å². The van der Waals surface area contributed by atoms with Gasteiger partial charge in [-0.15, -0.1) is 0 Å². The highest BCUT2D eigenvalue weighted by Crippen LogP contribution is 2.24. The van der Waals surface area contributed by atoms with Gasteiger partial charge in [0.05, 0.1) is 5.69 Å².